The van der Waals surface area contributed by atoms with Crippen LogP contribution in [0.25, 0.3) is 0 Å². The molecule has 1 heterocycles. The highest BCUT2D eigenvalue weighted by Crippen LogP contribution is 2.24. The Morgan fingerprint density at radius 3 is 2.58 bits per heavy atom. The minimum atomic E-state index is 0.244. The fourth-order valence-corrected chi connectivity index (χ4v) is 1.94. The zero-order valence-electron chi connectivity index (χ0n) is 12.9. The van der Waals surface area contributed by atoms with Crippen LogP contribution in [-0.4, -0.2) is 29.0 Å². The van der Waals surface area contributed by atoms with E-state index in [1.54, 1.807) is 0 Å². The molecule has 0 aromatic carbocycles. The van der Waals surface area contributed by atoms with Gasteiger partial charge in [0, 0.05) is 13.2 Å². The van der Waals surface area contributed by atoms with Gasteiger partial charge in [-0.3, -0.25) is 0 Å². The largest absolute Gasteiger partial charge is 0.394 e. The highest BCUT2D eigenvalue weighted by molar-refractivity contribution is 5.65. The van der Waals surface area contributed by atoms with Crippen LogP contribution in [0.15, 0.2) is 0 Å². The summed E-state index contributed by atoms with van der Waals surface area (Å²) in [6, 6.07) is 0.244. The van der Waals surface area contributed by atoms with E-state index in [1.807, 2.05) is 18.5 Å². The van der Waals surface area contributed by atoms with Crippen LogP contribution < -0.4 is 11.1 Å². The summed E-state index contributed by atoms with van der Waals surface area (Å²) in [7, 11) is 0. The second-order valence-electron chi connectivity index (χ2n) is 5.23. The Morgan fingerprint density at radius 1 is 1.37 bits per heavy atom. The maximum atomic E-state index is 6.12. The van der Waals surface area contributed by atoms with Crippen LogP contribution >= 0.6 is 0 Å². The highest BCUT2D eigenvalue weighted by atomic mass is 16.5. The smallest absolute Gasteiger partial charge is 0.148 e. The molecular weight excluding hydrogens is 240 g/mol. The van der Waals surface area contributed by atoms with Crippen molar-refractivity contribution in [2.24, 2.45) is 5.92 Å². The van der Waals surface area contributed by atoms with Crippen LogP contribution in [0.2, 0.25) is 0 Å². The molecule has 1 aromatic rings. The second kappa shape index (κ2) is 7.38. The summed E-state index contributed by atoms with van der Waals surface area (Å²) in [5.74, 6) is 1.40. The molecule has 110 valence electrons. The third-order valence-corrected chi connectivity index (χ3v) is 3.24. The third-order valence-electron chi connectivity index (χ3n) is 3.24. The van der Waals surface area contributed by atoms with Gasteiger partial charge in [-0.05, 0) is 26.2 Å². The summed E-state index contributed by atoms with van der Waals surface area (Å²) >= 11 is 0. The minimum absolute atomic E-state index is 0.244. The van der Waals surface area contributed by atoms with Gasteiger partial charge in [-0.2, -0.15) is 5.10 Å². The molecule has 1 unspecified atom stereocenters. The van der Waals surface area contributed by atoms with Gasteiger partial charge >= 0.3 is 0 Å². The number of aromatic nitrogens is 2. The molecule has 0 bridgehead atoms. The Hall–Kier alpha value is -1.23. The quantitative estimate of drug-likeness (QED) is 0.760. The highest BCUT2D eigenvalue weighted by Gasteiger charge is 2.19. The van der Waals surface area contributed by atoms with Crippen molar-refractivity contribution >= 4 is 11.5 Å². The number of nitrogens with zero attached hydrogens (tertiary/aromatic N) is 2. The molecule has 0 radical (unpaired) electrons. The Kier molecular flexibility index (Phi) is 6.15. The van der Waals surface area contributed by atoms with Gasteiger partial charge in [0.15, 0.2) is 0 Å². The van der Waals surface area contributed by atoms with E-state index in [0.717, 1.165) is 36.8 Å². The van der Waals surface area contributed by atoms with Gasteiger partial charge in [-0.1, -0.05) is 20.8 Å². The molecule has 19 heavy (non-hydrogen) atoms. The standard InChI is InChI=1S/C14H28N4O/c1-6-8-18-14(13(15)11(5)17-18)16-12(10(3)4)9-19-7-2/h10,12,16H,6-9,15H2,1-5H3. The average Bonchev–Trinajstić information content (AvgIpc) is 2.61. The van der Waals surface area contributed by atoms with Crippen LogP contribution in [0, 0.1) is 12.8 Å². The SMILES string of the molecule is CCCn1nc(C)c(N)c1NC(COCC)C(C)C. The van der Waals surface area contributed by atoms with E-state index in [0.29, 0.717) is 12.5 Å². The van der Waals surface area contributed by atoms with Gasteiger partial charge < -0.3 is 15.8 Å². The van der Waals surface area contributed by atoms with Crippen molar-refractivity contribution in [2.45, 2.75) is 53.6 Å². The number of hydrogen-bond donors (Lipinski definition) is 2. The number of ether oxygens (including phenoxy) is 1. The van der Waals surface area contributed by atoms with Crippen molar-refractivity contribution in [2.75, 3.05) is 24.3 Å². The van der Waals surface area contributed by atoms with Gasteiger partial charge in [0.05, 0.1) is 24.0 Å². The average molecular weight is 268 g/mol. The maximum Gasteiger partial charge on any atom is 0.148 e. The fraction of sp³-hybridized carbons (Fsp3) is 0.786. The van der Waals surface area contributed by atoms with Crippen LogP contribution in [-0.2, 0) is 11.3 Å². The molecule has 1 atom stereocenters. The molecule has 0 amide bonds. The predicted octanol–water partition coefficient (Wildman–Crippen LogP) is 2.66. The Bertz CT molecular complexity index is 387. The van der Waals surface area contributed by atoms with E-state index in [-0.39, 0.29) is 6.04 Å². The summed E-state index contributed by atoms with van der Waals surface area (Å²) in [4.78, 5) is 0. The number of nitrogens with one attached hydrogen (secondary N) is 1. The number of rotatable bonds is 8. The van der Waals surface area contributed by atoms with Crippen molar-refractivity contribution < 1.29 is 4.74 Å². The van der Waals surface area contributed by atoms with Crippen molar-refractivity contribution in [1.29, 1.82) is 0 Å². The van der Waals surface area contributed by atoms with E-state index in [9.17, 15) is 0 Å². The van der Waals surface area contributed by atoms with E-state index >= 15 is 0 Å². The predicted molar refractivity (Wildman–Crippen MR) is 80.4 cm³/mol. The van der Waals surface area contributed by atoms with E-state index in [1.165, 1.54) is 0 Å². The van der Waals surface area contributed by atoms with Gasteiger partial charge in [-0.25, -0.2) is 4.68 Å². The number of aryl methyl sites for hydroxylation is 2. The lowest BCUT2D eigenvalue weighted by Crippen LogP contribution is -2.32. The molecule has 3 N–H and O–H groups in total. The molecule has 0 fully saturated rings. The summed E-state index contributed by atoms with van der Waals surface area (Å²) < 4.78 is 7.51. The summed E-state index contributed by atoms with van der Waals surface area (Å²) in [6.45, 7) is 12.7. The Labute approximate surface area is 116 Å². The van der Waals surface area contributed by atoms with Gasteiger partial charge in [-0.15, -0.1) is 0 Å². The van der Waals surface area contributed by atoms with Crippen molar-refractivity contribution in [1.82, 2.24) is 9.78 Å². The third kappa shape index (κ3) is 4.13. The first kappa shape index (κ1) is 15.8. The van der Waals surface area contributed by atoms with Crippen LogP contribution in [0.5, 0.6) is 0 Å². The van der Waals surface area contributed by atoms with Crippen LogP contribution in [0.1, 0.15) is 39.8 Å². The van der Waals surface area contributed by atoms with Crippen molar-refractivity contribution in [3.8, 4) is 0 Å². The van der Waals surface area contributed by atoms with E-state index < -0.39 is 0 Å². The lowest BCUT2D eigenvalue weighted by molar-refractivity contribution is 0.126. The number of anilines is 2. The monoisotopic (exact) mass is 268 g/mol. The zero-order valence-corrected chi connectivity index (χ0v) is 12.9. The maximum absolute atomic E-state index is 6.12. The summed E-state index contributed by atoms with van der Waals surface area (Å²) in [5.41, 5.74) is 7.75. The fourth-order valence-electron chi connectivity index (χ4n) is 1.94. The Balaban J connectivity index is 2.88. The van der Waals surface area contributed by atoms with E-state index in [2.05, 4.69) is 31.2 Å². The number of nitrogen functional groups attached to an aromatic ring is 1. The van der Waals surface area contributed by atoms with Crippen molar-refractivity contribution in [3.05, 3.63) is 5.69 Å². The molecule has 0 aliphatic rings. The zero-order chi connectivity index (χ0) is 14.4. The molecule has 1 rings (SSSR count). The molecule has 5 nitrogen and oxygen atoms in total. The normalized spacial score (nSPS) is 12.9. The van der Waals surface area contributed by atoms with Gasteiger partial charge in [0.25, 0.3) is 0 Å². The number of nitrogens with two attached hydrogens (primary N) is 1. The van der Waals surface area contributed by atoms with Gasteiger partial charge in [0.1, 0.15) is 5.82 Å². The lowest BCUT2D eigenvalue weighted by atomic mass is 10.1. The molecule has 0 saturated heterocycles. The molecule has 0 saturated carbocycles. The molecule has 0 aliphatic heterocycles. The molecular formula is C14H28N4O. The first-order valence-electron chi connectivity index (χ1n) is 7.18. The number of hydrogen-bond acceptors (Lipinski definition) is 4. The van der Waals surface area contributed by atoms with Crippen LogP contribution in [0.4, 0.5) is 11.5 Å². The topological polar surface area (TPSA) is 65.1 Å². The molecule has 1 aromatic heterocycles. The van der Waals surface area contributed by atoms with E-state index in [4.69, 9.17) is 10.5 Å². The molecule has 0 aliphatic carbocycles. The molecule has 5 heteroatoms. The second-order valence-corrected chi connectivity index (χ2v) is 5.23. The summed E-state index contributed by atoms with van der Waals surface area (Å²) in [5, 5.41) is 7.99. The first-order valence-corrected chi connectivity index (χ1v) is 7.18. The lowest BCUT2D eigenvalue weighted by Gasteiger charge is -2.24. The molecule has 0 spiro atoms. The Morgan fingerprint density at radius 2 is 2.05 bits per heavy atom. The van der Waals surface area contributed by atoms with Crippen LogP contribution in [0.3, 0.4) is 0 Å². The summed E-state index contributed by atoms with van der Waals surface area (Å²) in [6.07, 6.45) is 1.03. The first-order chi connectivity index (χ1) is 9.01. The van der Waals surface area contributed by atoms with Crippen molar-refractivity contribution in [3.63, 3.8) is 0 Å². The minimum Gasteiger partial charge on any atom is -0.394 e. The van der Waals surface area contributed by atoms with Gasteiger partial charge in [0.2, 0.25) is 0 Å².